The SMILES string of the molecule is Fc1cccc(-c2nnc3ccc(SCc4ccc(Cl)c(Cl)c4)nn23)c1. The molecule has 26 heavy (non-hydrogen) atoms. The fourth-order valence-corrected chi connectivity index (χ4v) is 3.56. The summed E-state index contributed by atoms with van der Waals surface area (Å²) in [6.07, 6.45) is 0. The van der Waals surface area contributed by atoms with Gasteiger partial charge < -0.3 is 0 Å². The highest BCUT2D eigenvalue weighted by Crippen LogP contribution is 2.27. The molecule has 0 atom stereocenters. The van der Waals surface area contributed by atoms with E-state index in [1.807, 2.05) is 24.3 Å². The van der Waals surface area contributed by atoms with Gasteiger partial charge in [-0.1, -0.05) is 53.2 Å². The van der Waals surface area contributed by atoms with Crippen molar-refractivity contribution in [1.82, 2.24) is 19.8 Å². The Hall–Kier alpha value is -2.15. The van der Waals surface area contributed by atoms with Crippen LogP contribution in [0.1, 0.15) is 5.56 Å². The molecule has 130 valence electrons. The Bertz CT molecular complexity index is 1100. The fourth-order valence-electron chi connectivity index (χ4n) is 2.44. The molecule has 0 aliphatic heterocycles. The lowest BCUT2D eigenvalue weighted by atomic mass is 10.2. The number of aromatic nitrogens is 4. The minimum absolute atomic E-state index is 0.329. The molecule has 0 unspecified atom stereocenters. The third kappa shape index (κ3) is 3.53. The summed E-state index contributed by atoms with van der Waals surface area (Å²) >= 11 is 13.5. The third-order valence-electron chi connectivity index (χ3n) is 3.69. The predicted molar refractivity (Wildman–Crippen MR) is 102 cm³/mol. The van der Waals surface area contributed by atoms with Gasteiger partial charge in [-0.05, 0) is 42.0 Å². The highest BCUT2D eigenvalue weighted by molar-refractivity contribution is 7.98. The Morgan fingerprint density at radius 3 is 2.65 bits per heavy atom. The van der Waals surface area contributed by atoms with Gasteiger partial charge in [-0.15, -0.1) is 10.2 Å². The van der Waals surface area contributed by atoms with E-state index in [0.717, 1.165) is 10.6 Å². The van der Waals surface area contributed by atoms with Crippen LogP contribution in [0.2, 0.25) is 10.0 Å². The normalized spacial score (nSPS) is 11.2. The van der Waals surface area contributed by atoms with Crippen molar-refractivity contribution < 1.29 is 4.39 Å². The monoisotopic (exact) mass is 404 g/mol. The fraction of sp³-hybridized carbons (Fsp3) is 0.0556. The first-order chi connectivity index (χ1) is 12.6. The molecule has 0 spiro atoms. The van der Waals surface area contributed by atoms with Gasteiger partial charge in [0, 0.05) is 11.3 Å². The molecule has 8 heteroatoms. The van der Waals surface area contributed by atoms with Crippen LogP contribution in [0.5, 0.6) is 0 Å². The summed E-state index contributed by atoms with van der Waals surface area (Å²) in [4.78, 5) is 0. The maximum atomic E-state index is 13.5. The molecule has 0 saturated heterocycles. The quantitative estimate of drug-likeness (QED) is 0.419. The van der Waals surface area contributed by atoms with Crippen LogP contribution in [0.4, 0.5) is 4.39 Å². The first-order valence-electron chi connectivity index (χ1n) is 7.65. The van der Waals surface area contributed by atoms with Crippen LogP contribution < -0.4 is 0 Å². The zero-order chi connectivity index (χ0) is 18.1. The first kappa shape index (κ1) is 17.3. The van der Waals surface area contributed by atoms with Gasteiger partial charge >= 0.3 is 0 Å². The topological polar surface area (TPSA) is 43.1 Å². The Balaban J connectivity index is 1.62. The van der Waals surface area contributed by atoms with Gasteiger partial charge in [0.25, 0.3) is 0 Å². The summed E-state index contributed by atoms with van der Waals surface area (Å²) in [5.74, 6) is 0.855. The van der Waals surface area contributed by atoms with Crippen molar-refractivity contribution in [2.75, 3.05) is 0 Å². The lowest BCUT2D eigenvalue weighted by molar-refractivity contribution is 0.628. The van der Waals surface area contributed by atoms with Crippen LogP contribution in [-0.4, -0.2) is 19.8 Å². The van der Waals surface area contributed by atoms with Crippen LogP contribution in [0.3, 0.4) is 0 Å². The molecule has 0 fully saturated rings. The van der Waals surface area contributed by atoms with Gasteiger partial charge in [0.05, 0.1) is 10.0 Å². The summed E-state index contributed by atoms with van der Waals surface area (Å²) in [5, 5.41) is 14.6. The van der Waals surface area contributed by atoms with Crippen molar-refractivity contribution in [3.05, 3.63) is 76.0 Å². The second kappa shape index (κ2) is 7.23. The minimum atomic E-state index is -0.329. The Morgan fingerprint density at radius 2 is 1.85 bits per heavy atom. The molecule has 0 N–H and O–H groups in total. The lowest BCUT2D eigenvalue weighted by Crippen LogP contribution is -1.97. The van der Waals surface area contributed by atoms with E-state index in [2.05, 4.69) is 15.3 Å². The number of hydrogen-bond acceptors (Lipinski definition) is 4. The van der Waals surface area contributed by atoms with Crippen LogP contribution in [0.25, 0.3) is 17.0 Å². The second-order valence-corrected chi connectivity index (χ2v) is 7.32. The molecule has 0 radical (unpaired) electrons. The number of hydrogen-bond donors (Lipinski definition) is 0. The Kier molecular flexibility index (Phi) is 4.80. The van der Waals surface area contributed by atoms with E-state index in [-0.39, 0.29) is 5.82 Å². The molecule has 2 heterocycles. The lowest BCUT2D eigenvalue weighted by Gasteiger charge is -2.05. The molecule has 4 nitrogen and oxygen atoms in total. The van der Waals surface area contributed by atoms with Crippen molar-refractivity contribution in [2.24, 2.45) is 0 Å². The average molecular weight is 405 g/mol. The zero-order valence-electron chi connectivity index (χ0n) is 13.2. The van der Waals surface area contributed by atoms with Crippen molar-refractivity contribution >= 4 is 40.6 Å². The molecular formula is C18H11Cl2FN4S. The van der Waals surface area contributed by atoms with E-state index in [1.165, 1.54) is 12.1 Å². The summed E-state index contributed by atoms with van der Waals surface area (Å²) < 4.78 is 15.1. The van der Waals surface area contributed by atoms with Gasteiger partial charge in [-0.3, -0.25) is 0 Å². The highest BCUT2D eigenvalue weighted by Gasteiger charge is 2.11. The van der Waals surface area contributed by atoms with E-state index in [0.29, 0.717) is 32.8 Å². The smallest absolute Gasteiger partial charge is 0.185 e. The molecule has 0 saturated carbocycles. The number of benzene rings is 2. The molecule has 0 aliphatic rings. The summed E-state index contributed by atoms with van der Waals surface area (Å²) in [6, 6.07) is 15.5. The van der Waals surface area contributed by atoms with Crippen molar-refractivity contribution in [1.29, 1.82) is 0 Å². The van der Waals surface area contributed by atoms with Crippen LogP contribution in [-0.2, 0) is 5.75 Å². The van der Waals surface area contributed by atoms with Crippen molar-refractivity contribution in [3.63, 3.8) is 0 Å². The molecule has 4 aromatic rings. The molecule has 0 aliphatic carbocycles. The Labute approximate surface area is 163 Å². The number of rotatable bonds is 4. The highest BCUT2D eigenvalue weighted by atomic mass is 35.5. The van der Waals surface area contributed by atoms with Crippen LogP contribution in [0.15, 0.2) is 59.6 Å². The average Bonchev–Trinajstić information content (AvgIpc) is 3.06. The Morgan fingerprint density at radius 1 is 0.962 bits per heavy atom. The molecule has 0 bridgehead atoms. The van der Waals surface area contributed by atoms with E-state index < -0.39 is 0 Å². The number of nitrogens with zero attached hydrogens (tertiary/aromatic N) is 4. The molecular weight excluding hydrogens is 394 g/mol. The molecule has 2 aromatic heterocycles. The maximum absolute atomic E-state index is 13.5. The van der Waals surface area contributed by atoms with Crippen molar-refractivity contribution in [2.45, 2.75) is 10.8 Å². The van der Waals surface area contributed by atoms with Gasteiger partial charge in [-0.2, -0.15) is 9.61 Å². The standard InChI is InChI=1S/C18H11Cl2FN4S/c19-14-5-4-11(8-15(14)20)10-26-17-7-6-16-22-23-18(25(16)24-17)12-2-1-3-13(21)9-12/h1-9H,10H2. The number of thioether (sulfide) groups is 1. The summed E-state index contributed by atoms with van der Waals surface area (Å²) in [6.45, 7) is 0. The van der Waals surface area contributed by atoms with E-state index >= 15 is 0 Å². The zero-order valence-corrected chi connectivity index (χ0v) is 15.6. The third-order valence-corrected chi connectivity index (χ3v) is 5.42. The van der Waals surface area contributed by atoms with Gasteiger partial charge in [0.15, 0.2) is 11.5 Å². The minimum Gasteiger partial charge on any atom is -0.207 e. The van der Waals surface area contributed by atoms with E-state index in [9.17, 15) is 4.39 Å². The maximum Gasteiger partial charge on any atom is 0.185 e. The molecule has 2 aromatic carbocycles. The largest absolute Gasteiger partial charge is 0.207 e. The predicted octanol–water partition coefficient (Wildman–Crippen LogP) is 5.53. The van der Waals surface area contributed by atoms with Crippen LogP contribution >= 0.6 is 35.0 Å². The molecule has 0 amide bonds. The summed E-state index contributed by atoms with van der Waals surface area (Å²) in [7, 11) is 0. The van der Waals surface area contributed by atoms with Crippen LogP contribution in [0, 0.1) is 5.82 Å². The molecule has 4 rings (SSSR count). The van der Waals surface area contributed by atoms with Gasteiger partial charge in [0.2, 0.25) is 0 Å². The van der Waals surface area contributed by atoms with Gasteiger partial charge in [0.1, 0.15) is 10.8 Å². The summed E-state index contributed by atoms with van der Waals surface area (Å²) in [5.41, 5.74) is 2.26. The number of halogens is 3. The van der Waals surface area contributed by atoms with Crippen molar-refractivity contribution in [3.8, 4) is 11.4 Å². The van der Waals surface area contributed by atoms with E-state index in [1.54, 1.807) is 34.5 Å². The van der Waals surface area contributed by atoms with Gasteiger partial charge in [-0.25, -0.2) is 4.39 Å². The first-order valence-corrected chi connectivity index (χ1v) is 9.39. The number of fused-ring (bicyclic) bond motifs is 1. The second-order valence-electron chi connectivity index (χ2n) is 5.51. The van der Waals surface area contributed by atoms with E-state index in [4.69, 9.17) is 23.2 Å².